The van der Waals surface area contributed by atoms with E-state index in [0.717, 1.165) is 45.2 Å². The van der Waals surface area contributed by atoms with Crippen molar-refractivity contribution >= 4 is 5.91 Å². The van der Waals surface area contributed by atoms with E-state index in [1.807, 2.05) is 0 Å². The van der Waals surface area contributed by atoms with Gasteiger partial charge in [-0.3, -0.25) is 10.1 Å². The minimum atomic E-state index is 0.0747. The molecule has 0 spiro atoms. The fourth-order valence-corrected chi connectivity index (χ4v) is 3.55. The molecule has 0 bridgehead atoms. The van der Waals surface area contributed by atoms with Crippen molar-refractivity contribution in [3.8, 4) is 0 Å². The number of carbonyl (C=O) groups is 1. The van der Waals surface area contributed by atoms with Gasteiger partial charge in [-0.2, -0.15) is 0 Å². The van der Waals surface area contributed by atoms with Gasteiger partial charge in [0.05, 0.1) is 12.2 Å². The number of unbranched alkanes of at least 4 members (excludes halogenated alkanes) is 1. The van der Waals surface area contributed by atoms with Crippen LogP contribution in [-0.2, 0) is 4.79 Å². The topological polar surface area (TPSA) is 35.6 Å². The Morgan fingerprint density at radius 2 is 2.05 bits per heavy atom. The number of hydrogen-bond donors (Lipinski definition) is 1. The summed E-state index contributed by atoms with van der Waals surface area (Å²) in [5, 5.41) is 3.57. The van der Waals surface area contributed by atoms with Crippen molar-refractivity contribution in [2.75, 3.05) is 26.7 Å². The van der Waals surface area contributed by atoms with Crippen LogP contribution in [-0.4, -0.2) is 54.6 Å². The van der Waals surface area contributed by atoms with Crippen molar-refractivity contribution in [1.82, 2.24) is 15.1 Å². The molecule has 20 heavy (non-hydrogen) atoms. The highest BCUT2D eigenvalue weighted by molar-refractivity contribution is 5.84. The van der Waals surface area contributed by atoms with Crippen LogP contribution < -0.4 is 5.32 Å². The largest absolute Gasteiger partial charge is 0.325 e. The van der Waals surface area contributed by atoms with E-state index in [4.69, 9.17) is 0 Å². The summed E-state index contributed by atoms with van der Waals surface area (Å²) in [4.78, 5) is 17.1. The van der Waals surface area contributed by atoms with Crippen LogP contribution in [0.15, 0.2) is 0 Å². The molecule has 3 atom stereocenters. The normalized spacial score (nSPS) is 31.4. The van der Waals surface area contributed by atoms with Crippen LogP contribution >= 0.6 is 0 Å². The molecule has 0 saturated carbocycles. The average molecular weight is 281 g/mol. The summed E-state index contributed by atoms with van der Waals surface area (Å²) in [5.41, 5.74) is 0. The first-order valence-corrected chi connectivity index (χ1v) is 8.40. The summed E-state index contributed by atoms with van der Waals surface area (Å²) >= 11 is 0. The molecule has 2 aliphatic heterocycles. The van der Waals surface area contributed by atoms with E-state index in [9.17, 15) is 4.79 Å². The number of nitrogens with zero attached hydrogens (tertiary/aromatic N) is 2. The highest BCUT2D eigenvalue weighted by atomic mass is 16.2. The van der Waals surface area contributed by atoms with Crippen molar-refractivity contribution in [2.24, 2.45) is 5.92 Å². The maximum atomic E-state index is 12.6. The van der Waals surface area contributed by atoms with Gasteiger partial charge < -0.3 is 9.80 Å². The minimum Gasteiger partial charge on any atom is -0.325 e. The third kappa shape index (κ3) is 3.73. The quantitative estimate of drug-likeness (QED) is 0.776. The lowest BCUT2D eigenvalue weighted by molar-refractivity contribution is -0.130. The van der Waals surface area contributed by atoms with Gasteiger partial charge in [0.1, 0.15) is 0 Å². The standard InChI is InChI=1S/C16H31N3O/c1-4-6-8-14-16(20)19(15(17-14)7-5-2)12-13-9-10-18(3)11-13/h13-15,17H,4-12H2,1-3H3. The molecule has 116 valence electrons. The van der Waals surface area contributed by atoms with E-state index in [2.05, 4.69) is 36.0 Å². The number of likely N-dealkylation sites (tertiary alicyclic amines) is 1. The predicted molar refractivity (Wildman–Crippen MR) is 82.5 cm³/mol. The third-order valence-electron chi connectivity index (χ3n) is 4.70. The number of amides is 1. The number of hydrogen-bond acceptors (Lipinski definition) is 3. The van der Waals surface area contributed by atoms with E-state index < -0.39 is 0 Å². The monoisotopic (exact) mass is 281 g/mol. The second kappa shape index (κ2) is 7.41. The molecule has 2 saturated heterocycles. The summed E-state index contributed by atoms with van der Waals surface area (Å²) in [6, 6.07) is 0.0747. The summed E-state index contributed by atoms with van der Waals surface area (Å²) in [5.74, 6) is 1.02. The van der Waals surface area contributed by atoms with Gasteiger partial charge >= 0.3 is 0 Å². The van der Waals surface area contributed by atoms with Gasteiger partial charge in [0.15, 0.2) is 0 Å². The van der Waals surface area contributed by atoms with Crippen LogP contribution in [0.1, 0.15) is 52.4 Å². The molecule has 2 fully saturated rings. The second-order valence-electron chi connectivity index (χ2n) is 6.57. The lowest BCUT2D eigenvalue weighted by Crippen LogP contribution is -2.40. The van der Waals surface area contributed by atoms with Gasteiger partial charge in [-0.1, -0.05) is 33.1 Å². The van der Waals surface area contributed by atoms with Gasteiger partial charge in [0.25, 0.3) is 0 Å². The second-order valence-corrected chi connectivity index (χ2v) is 6.57. The third-order valence-corrected chi connectivity index (χ3v) is 4.70. The molecule has 1 amide bonds. The first-order chi connectivity index (χ1) is 9.65. The van der Waals surface area contributed by atoms with E-state index >= 15 is 0 Å². The SMILES string of the molecule is CCCCC1NC(CCC)N(CC2CCN(C)C2)C1=O. The molecule has 2 aliphatic rings. The Labute approximate surface area is 123 Å². The highest BCUT2D eigenvalue weighted by Gasteiger charge is 2.39. The number of nitrogens with one attached hydrogen (secondary N) is 1. The fourth-order valence-electron chi connectivity index (χ4n) is 3.55. The lowest BCUT2D eigenvalue weighted by Gasteiger charge is -2.26. The molecule has 2 heterocycles. The van der Waals surface area contributed by atoms with Crippen molar-refractivity contribution in [3.63, 3.8) is 0 Å². The maximum absolute atomic E-state index is 12.6. The minimum absolute atomic E-state index is 0.0747. The van der Waals surface area contributed by atoms with Crippen LogP contribution in [0.5, 0.6) is 0 Å². The fraction of sp³-hybridized carbons (Fsp3) is 0.938. The van der Waals surface area contributed by atoms with Crippen molar-refractivity contribution in [2.45, 2.75) is 64.6 Å². The van der Waals surface area contributed by atoms with Gasteiger partial charge in [-0.25, -0.2) is 0 Å². The first-order valence-electron chi connectivity index (χ1n) is 8.40. The Kier molecular flexibility index (Phi) is 5.85. The molecular formula is C16H31N3O. The Bertz CT molecular complexity index is 321. The zero-order valence-corrected chi connectivity index (χ0v) is 13.4. The molecule has 4 nitrogen and oxygen atoms in total. The lowest BCUT2D eigenvalue weighted by atomic mass is 10.1. The average Bonchev–Trinajstić information content (AvgIpc) is 2.95. The van der Waals surface area contributed by atoms with Gasteiger partial charge in [0.2, 0.25) is 5.91 Å². The summed E-state index contributed by atoms with van der Waals surface area (Å²) in [6.07, 6.45) is 7.03. The van der Waals surface area contributed by atoms with Gasteiger partial charge in [-0.05, 0) is 38.8 Å². The van der Waals surface area contributed by atoms with Gasteiger partial charge in [-0.15, -0.1) is 0 Å². The highest BCUT2D eigenvalue weighted by Crippen LogP contribution is 2.23. The van der Waals surface area contributed by atoms with E-state index in [-0.39, 0.29) is 12.2 Å². The molecule has 3 unspecified atom stereocenters. The molecule has 0 aromatic heterocycles. The van der Waals surface area contributed by atoms with E-state index in [1.165, 1.54) is 13.0 Å². The molecule has 0 aromatic carbocycles. The molecule has 1 N–H and O–H groups in total. The van der Waals surface area contributed by atoms with Gasteiger partial charge in [0, 0.05) is 13.1 Å². The molecule has 0 aromatic rings. The Morgan fingerprint density at radius 1 is 1.25 bits per heavy atom. The van der Waals surface area contributed by atoms with Crippen LogP contribution in [0, 0.1) is 5.92 Å². The zero-order valence-electron chi connectivity index (χ0n) is 13.4. The summed E-state index contributed by atoms with van der Waals surface area (Å²) in [6.45, 7) is 7.66. The molecule has 4 heteroatoms. The molecule has 0 aliphatic carbocycles. The summed E-state index contributed by atoms with van der Waals surface area (Å²) in [7, 11) is 2.18. The Balaban J connectivity index is 1.94. The van der Waals surface area contributed by atoms with Crippen LogP contribution in [0.3, 0.4) is 0 Å². The van der Waals surface area contributed by atoms with E-state index in [1.54, 1.807) is 0 Å². The number of carbonyl (C=O) groups excluding carboxylic acids is 1. The van der Waals surface area contributed by atoms with Crippen molar-refractivity contribution in [1.29, 1.82) is 0 Å². The molecule has 2 rings (SSSR count). The molecular weight excluding hydrogens is 250 g/mol. The predicted octanol–water partition coefficient (Wildman–Crippen LogP) is 2.05. The first kappa shape index (κ1) is 15.8. The summed E-state index contributed by atoms with van der Waals surface area (Å²) < 4.78 is 0. The number of rotatable bonds is 7. The smallest absolute Gasteiger partial charge is 0.241 e. The Hall–Kier alpha value is -0.610. The van der Waals surface area contributed by atoms with Crippen LogP contribution in [0.25, 0.3) is 0 Å². The zero-order chi connectivity index (χ0) is 14.5. The van der Waals surface area contributed by atoms with Crippen molar-refractivity contribution < 1.29 is 4.79 Å². The van der Waals surface area contributed by atoms with Crippen LogP contribution in [0.4, 0.5) is 0 Å². The Morgan fingerprint density at radius 3 is 2.65 bits per heavy atom. The van der Waals surface area contributed by atoms with E-state index in [0.29, 0.717) is 11.8 Å². The van der Waals surface area contributed by atoms with Crippen LogP contribution in [0.2, 0.25) is 0 Å². The molecule has 0 radical (unpaired) electrons. The van der Waals surface area contributed by atoms with Crippen molar-refractivity contribution in [3.05, 3.63) is 0 Å². The maximum Gasteiger partial charge on any atom is 0.241 e.